The molecule has 14 heavy (non-hydrogen) atoms. The molecule has 3 atom stereocenters. The van der Waals surface area contributed by atoms with Crippen LogP contribution in [0.2, 0.25) is 24.7 Å². The van der Waals surface area contributed by atoms with Crippen LogP contribution < -0.4 is 0 Å². The number of hydrogen-bond donors (Lipinski definition) is 0. The second kappa shape index (κ2) is 2.66. The van der Waals surface area contributed by atoms with Crippen LogP contribution >= 0.6 is 0 Å². The summed E-state index contributed by atoms with van der Waals surface area (Å²) < 4.78 is 0. The second-order valence-electron chi connectivity index (χ2n) is 7.32. The first-order chi connectivity index (χ1) is 6.23. The van der Waals surface area contributed by atoms with E-state index in [1.165, 1.54) is 12.8 Å². The predicted octanol–water partition coefficient (Wildman–Crippen LogP) is 4.54. The van der Waals surface area contributed by atoms with Crippen LogP contribution in [0.4, 0.5) is 0 Å². The van der Waals surface area contributed by atoms with Crippen molar-refractivity contribution >= 4 is 8.07 Å². The Morgan fingerprint density at radius 2 is 1.64 bits per heavy atom. The predicted molar refractivity (Wildman–Crippen MR) is 66.3 cm³/mol. The van der Waals surface area contributed by atoms with Gasteiger partial charge >= 0.3 is 0 Å². The molecule has 2 bridgehead atoms. The van der Waals surface area contributed by atoms with Gasteiger partial charge in [0.05, 0.1) is 8.07 Å². The Balaban J connectivity index is 2.41. The van der Waals surface area contributed by atoms with E-state index in [0.717, 1.165) is 16.9 Å². The summed E-state index contributed by atoms with van der Waals surface area (Å²) in [6, 6.07) is 0. The Morgan fingerprint density at radius 3 is 1.93 bits per heavy atom. The molecule has 0 aromatic carbocycles. The van der Waals surface area contributed by atoms with Crippen molar-refractivity contribution in [3.8, 4) is 0 Å². The van der Waals surface area contributed by atoms with Crippen molar-refractivity contribution < 1.29 is 0 Å². The molecule has 0 spiro atoms. The van der Waals surface area contributed by atoms with Crippen molar-refractivity contribution in [1.29, 1.82) is 0 Å². The van der Waals surface area contributed by atoms with Crippen molar-refractivity contribution in [2.45, 2.75) is 64.7 Å². The van der Waals surface area contributed by atoms with Gasteiger partial charge in [0.25, 0.3) is 0 Å². The van der Waals surface area contributed by atoms with E-state index in [1.807, 2.05) is 0 Å². The zero-order valence-electron chi connectivity index (χ0n) is 10.8. The van der Waals surface area contributed by atoms with Crippen LogP contribution in [0.3, 0.4) is 0 Å². The lowest BCUT2D eigenvalue weighted by molar-refractivity contribution is -0.0890. The molecule has 0 aliphatic heterocycles. The third kappa shape index (κ3) is 0.950. The topological polar surface area (TPSA) is 0 Å². The molecule has 0 aromatic heterocycles. The Kier molecular flexibility index (Phi) is 2.04. The number of rotatable bonds is 1. The molecule has 0 N–H and O–H groups in total. The fourth-order valence-corrected chi connectivity index (χ4v) is 9.77. The highest BCUT2D eigenvalue weighted by Gasteiger charge is 2.68. The molecule has 3 aliphatic carbocycles. The molecular weight excluding hydrogens is 184 g/mol. The molecule has 3 fully saturated rings. The molecule has 0 amide bonds. The van der Waals surface area contributed by atoms with E-state index in [-0.39, 0.29) is 0 Å². The molecular formula is C13H26Si. The first-order valence-electron chi connectivity index (χ1n) is 6.23. The normalized spacial score (nSPS) is 45.9. The monoisotopic (exact) mass is 210 g/mol. The molecule has 3 aliphatic rings. The Labute approximate surface area is 90.5 Å². The molecule has 3 rings (SSSR count). The summed E-state index contributed by atoms with van der Waals surface area (Å²) in [4.78, 5) is 0. The van der Waals surface area contributed by atoms with Gasteiger partial charge in [0.15, 0.2) is 0 Å². The van der Waals surface area contributed by atoms with E-state index in [9.17, 15) is 0 Å². The van der Waals surface area contributed by atoms with Gasteiger partial charge in [-0.1, -0.05) is 46.8 Å². The van der Waals surface area contributed by atoms with Gasteiger partial charge in [0.2, 0.25) is 0 Å². The number of fused-ring (bicyclic) bond motifs is 2. The Morgan fingerprint density at radius 1 is 1.07 bits per heavy atom. The first kappa shape index (κ1) is 10.7. The van der Waals surface area contributed by atoms with Gasteiger partial charge < -0.3 is 0 Å². The van der Waals surface area contributed by atoms with Gasteiger partial charge in [-0.2, -0.15) is 0 Å². The van der Waals surface area contributed by atoms with E-state index < -0.39 is 8.07 Å². The SMILES string of the molecule is CC1CCC2CC1([Si](C)(C)C)C2(C)C. The van der Waals surface area contributed by atoms with Crippen LogP contribution in [0, 0.1) is 17.3 Å². The van der Waals surface area contributed by atoms with Crippen molar-refractivity contribution in [2.75, 3.05) is 0 Å². The zero-order valence-corrected chi connectivity index (χ0v) is 11.8. The van der Waals surface area contributed by atoms with Crippen LogP contribution in [0.25, 0.3) is 0 Å². The third-order valence-electron chi connectivity index (χ3n) is 5.87. The van der Waals surface area contributed by atoms with Crippen molar-refractivity contribution in [1.82, 2.24) is 0 Å². The summed E-state index contributed by atoms with van der Waals surface area (Å²) in [5, 5.41) is 0.753. The van der Waals surface area contributed by atoms with Crippen molar-refractivity contribution in [3.63, 3.8) is 0 Å². The van der Waals surface area contributed by atoms with E-state index in [4.69, 9.17) is 0 Å². The van der Waals surface area contributed by atoms with E-state index in [2.05, 4.69) is 40.4 Å². The highest BCUT2D eigenvalue weighted by molar-refractivity contribution is 6.79. The fraction of sp³-hybridized carbons (Fsp3) is 1.00. The summed E-state index contributed by atoms with van der Waals surface area (Å²) in [5.41, 5.74) is 0.648. The second-order valence-corrected chi connectivity index (χ2v) is 12.7. The minimum atomic E-state index is -1.01. The lowest BCUT2D eigenvalue weighted by atomic mass is 9.45. The van der Waals surface area contributed by atoms with E-state index in [0.29, 0.717) is 5.41 Å². The lowest BCUT2D eigenvalue weighted by Gasteiger charge is -2.73. The van der Waals surface area contributed by atoms with Crippen molar-refractivity contribution in [2.24, 2.45) is 17.3 Å². The van der Waals surface area contributed by atoms with Gasteiger partial charge in [0, 0.05) is 0 Å². The largest absolute Gasteiger partial charge is 0.0691 e. The highest BCUT2D eigenvalue weighted by Crippen LogP contribution is 2.78. The first-order valence-corrected chi connectivity index (χ1v) is 9.73. The molecule has 0 nitrogen and oxygen atoms in total. The summed E-state index contributed by atoms with van der Waals surface area (Å²) in [6.45, 7) is 15.4. The molecule has 0 saturated heterocycles. The van der Waals surface area contributed by atoms with Gasteiger partial charge in [0.1, 0.15) is 0 Å². The smallest absolute Gasteiger partial charge is 0.0516 e. The van der Waals surface area contributed by atoms with Gasteiger partial charge in [-0.05, 0) is 35.1 Å². The standard InChI is InChI=1S/C13H26Si/c1-10-7-8-11-9-13(10,12(11,2)3)14(4,5)6/h10-11H,7-9H2,1-6H3. The Bertz CT molecular complexity index is 248. The Hall–Kier alpha value is 0.217. The average Bonchev–Trinajstić information content (AvgIpc) is 2.01. The summed E-state index contributed by atoms with van der Waals surface area (Å²) in [5.74, 6) is 2.03. The van der Waals surface area contributed by atoms with Crippen LogP contribution in [0.5, 0.6) is 0 Å². The van der Waals surface area contributed by atoms with Crippen LogP contribution in [0.15, 0.2) is 0 Å². The molecule has 0 heterocycles. The van der Waals surface area contributed by atoms with Crippen LogP contribution in [0.1, 0.15) is 40.0 Å². The summed E-state index contributed by atoms with van der Waals surface area (Å²) >= 11 is 0. The third-order valence-corrected chi connectivity index (χ3v) is 9.88. The van der Waals surface area contributed by atoms with Gasteiger partial charge in [-0.3, -0.25) is 0 Å². The van der Waals surface area contributed by atoms with Crippen LogP contribution in [-0.2, 0) is 0 Å². The maximum Gasteiger partial charge on any atom is 0.0516 e. The molecule has 0 radical (unpaired) electrons. The lowest BCUT2D eigenvalue weighted by Crippen LogP contribution is -2.66. The molecule has 1 heteroatoms. The van der Waals surface area contributed by atoms with E-state index in [1.54, 1.807) is 6.42 Å². The summed E-state index contributed by atoms with van der Waals surface area (Å²) in [6.07, 6.45) is 4.55. The zero-order chi connectivity index (χ0) is 10.8. The van der Waals surface area contributed by atoms with Gasteiger partial charge in [-0.25, -0.2) is 0 Å². The molecule has 3 saturated carbocycles. The average molecular weight is 210 g/mol. The maximum absolute atomic E-state index is 2.59. The minimum absolute atomic E-state index is 0.648. The highest BCUT2D eigenvalue weighted by atomic mass is 28.3. The minimum Gasteiger partial charge on any atom is -0.0691 e. The number of hydrogen-bond acceptors (Lipinski definition) is 0. The van der Waals surface area contributed by atoms with E-state index >= 15 is 0 Å². The molecule has 0 aromatic rings. The fourth-order valence-electron chi connectivity index (χ4n) is 5.15. The quantitative estimate of drug-likeness (QED) is 0.557. The maximum atomic E-state index is 2.59. The van der Waals surface area contributed by atoms with Gasteiger partial charge in [-0.15, -0.1) is 0 Å². The molecule has 3 unspecified atom stereocenters. The molecule has 82 valence electrons. The summed E-state index contributed by atoms with van der Waals surface area (Å²) in [7, 11) is -1.01. The van der Waals surface area contributed by atoms with Crippen molar-refractivity contribution in [3.05, 3.63) is 0 Å². The van der Waals surface area contributed by atoms with Crippen LogP contribution in [-0.4, -0.2) is 8.07 Å².